The molecule has 0 aliphatic carbocycles. The predicted molar refractivity (Wildman–Crippen MR) is 111 cm³/mol. The SMILES string of the molecule is Cc1cc(C)n2ncc(C(=O)Nc3c(-c4ccc(Br)cc4)c(C)nn3C)c2n1. The average Bonchev–Trinajstić information content (AvgIpc) is 3.17. The fourth-order valence-corrected chi connectivity index (χ4v) is 3.63. The van der Waals surface area contributed by atoms with E-state index < -0.39 is 0 Å². The second-order valence-corrected chi connectivity index (χ2v) is 7.64. The van der Waals surface area contributed by atoms with E-state index in [4.69, 9.17) is 0 Å². The van der Waals surface area contributed by atoms with E-state index in [2.05, 4.69) is 36.4 Å². The molecule has 0 fully saturated rings. The third-order valence-corrected chi connectivity index (χ3v) is 5.14. The Bertz CT molecular complexity index is 1210. The van der Waals surface area contributed by atoms with Gasteiger partial charge in [0.1, 0.15) is 11.4 Å². The van der Waals surface area contributed by atoms with Crippen LogP contribution in [0.1, 0.15) is 27.4 Å². The Balaban J connectivity index is 1.76. The van der Waals surface area contributed by atoms with Gasteiger partial charge in [-0.05, 0) is 44.5 Å². The maximum atomic E-state index is 13.1. The first-order valence-corrected chi connectivity index (χ1v) is 9.57. The summed E-state index contributed by atoms with van der Waals surface area (Å²) in [5.74, 6) is 0.363. The van der Waals surface area contributed by atoms with Gasteiger partial charge >= 0.3 is 0 Å². The smallest absolute Gasteiger partial charge is 0.262 e. The molecule has 4 aromatic rings. The van der Waals surface area contributed by atoms with Crippen LogP contribution in [0.4, 0.5) is 5.82 Å². The number of hydrogen-bond donors (Lipinski definition) is 1. The molecule has 8 heteroatoms. The van der Waals surface area contributed by atoms with Crippen LogP contribution in [0.5, 0.6) is 0 Å². The lowest BCUT2D eigenvalue weighted by Crippen LogP contribution is -2.15. The van der Waals surface area contributed by atoms with Gasteiger partial charge in [0.15, 0.2) is 5.65 Å². The Morgan fingerprint density at radius 3 is 2.57 bits per heavy atom. The Morgan fingerprint density at radius 1 is 1.14 bits per heavy atom. The number of aromatic nitrogens is 5. The largest absolute Gasteiger partial charge is 0.306 e. The molecule has 0 aliphatic rings. The summed E-state index contributed by atoms with van der Waals surface area (Å²) < 4.78 is 4.35. The van der Waals surface area contributed by atoms with Gasteiger partial charge in [-0.1, -0.05) is 28.1 Å². The molecular formula is C20H19BrN6O. The zero-order valence-corrected chi connectivity index (χ0v) is 17.6. The maximum absolute atomic E-state index is 13.1. The third-order valence-electron chi connectivity index (χ3n) is 4.61. The third kappa shape index (κ3) is 3.09. The van der Waals surface area contributed by atoms with Crippen molar-refractivity contribution in [3.8, 4) is 11.1 Å². The first-order valence-electron chi connectivity index (χ1n) is 8.78. The van der Waals surface area contributed by atoms with E-state index in [1.165, 1.54) is 0 Å². The molecule has 0 saturated heterocycles. The lowest BCUT2D eigenvalue weighted by Gasteiger charge is -2.09. The van der Waals surface area contributed by atoms with Gasteiger partial charge in [0, 0.05) is 28.5 Å². The molecule has 3 aromatic heterocycles. The number of amides is 1. The molecule has 1 aromatic carbocycles. The number of nitrogens with one attached hydrogen (secondary N) is 1. The number of carbonyl (C=O) groups excluding carboxylic acids is 1. The number of aryl methyl sites for hydroxylation is 4. The van der Waals surface area contributed by atoms with Gasteiger partial charge in [-0.25, -0.2) is 9.50 Å². The quantitative estimate of drug-likeness (QED) is 0.522. The normalized spacial score (nSPS) is 11.2. The van der Waals surface area contributed by atoms with Crippen LogP contribution < -0.4 is 5.32 Å². The van der Waals surface area contributed by atoms with Crippen LogP contribution in [0.25, 0.3) is 16.8 Å². The van der Waals surface area contributed by atoms with Crippen molar-refractivity contribution in [1.82, 2.24) is 24.4 Å². The molecular weight excluding hydrogens is 420 g/mol. The minimum absolute atomic E-state index is 0.270. The van der Waals surface area contributed by atoms with E-state index in [0.29, 0.717) is 17.0 Å². The molecule has 7 nitrogen and oxygen atoms in total. The summed E-state index contributed by atoms with van der Waals surface area (Å²) in [6.07, 6.45) is 1.55. The standard InChI is InChI=1S/C20H19BrN6O/c1-11-9-12(2)27-18(23-11)16(10-22-27)20(28)24-19-17(13(3)25-26(19)4)14-5-7-15(21)8-6-14/h5-10H,1-4H3,(H,24,28). The first kappa shape index (κ1) is 18.4. The first-order chi connectivity index (χ1) is 13.3. The van der Waals surface area contributed by atoms with E-state index >= 15 is 0 Å². The zero-order valence-electron chi connectivity index (χ0n) is 16.0. The van der Waals surface area contributed by atoms with Gasteiger partial charge < -0.3 is 5.32 Å². The number of carbonyl (C=O) groups is 1. The summed E-state index contributed by atoms with van der Waals surface area (Å²) >= 11 is 3.45. The van der Waals surface area contributed by atoms with Crippen molar-refractivity contribution in [3.05, 3.63) is 63.6 Å². The van der Waals surface area contributed by atoms with E-state index in [9.17, 15) is 4.79 Å². The number of nitrogens with zero attached hydrogens (tertiary/aromatic N) is 5. The molecule has 0 saturated carbocycles. The molecule has 0 atom stereocenters. The molecule has 0 bridgehead atoms. The molecule has 3 heterocycles. The van der Waals surface area contributed by atoms with E-state index in [1.807, 2.05) is 58.2 Å². The van der Waals surface area contributed by atoms with Crippen molar-refractivity contribution in [2.45, 2.75) is 20.8 Å². The molecule has 0 spiro atoms. The summed E-state index contributed by atoms with van der Waals surface area (Å²) in [7, 11) is 1.81. The topological polar surface area (TPSA) is 77.1 Å². The van der Waals surface area contributed by atoms with Crippen LogP contribution in [0.15, 0.2) is 41.0 Å². The lowest BCUT2D eigenvalue weighted by molar-refractivity contribution is 0.102. The zero-order chi connectivity index (χ0) is 20.0. The highest BCUT2D eigenvalue weighted by Crippen LogP contribution is 2.32. The molecule has 1 amide bonds. The molecule has 142 valence electrons. The van der Waals surface area contributed by atoms with Crippen molar-refractivity contribution in [3.63, 3.8) is 0 Å². The maximum Gasteiger partial charge on any atom is 0.262 e. The predicted octanol–water partition coefficient (Wildman–Crippen LogP) is 4.07. The van der Waals surface area contributed by atoms with Crippen molar-refractivity contribution in [1.29, 1.82) is 0 Å². The Kier molecular flexibility index (Phi) is 4.50. The average molecular weight is 439 g/mol. The fraction of sp³-hybridized carbons (Fsp3) is 0.200. The molecule has 1 N–H and O–H groups in total. The van der Waals surface area contributed by atoms with Gasteiger partial charge in [0.2, 0.25) is 0 Å². The van der Waals surface area contributed by atoms with Crippen LogP contribution in [0.3, 0.4) is 0 Å². The minimum atomic E-state index is -0.270. The number of hydrogen-bond acceptors (Lipinski definition) is 4. The number of benzene rings is 1. The molecule has 28 heavy (non-hydrogen) atoms. The van der Waals surface area contributed by atoms with Crippen molar-refractivity contribution in [2.24, 2.45) is 7.05 Å². The number of anilines is 1. The summed E-state index contributed by atoms with van der Waals surface area (Å²) in [6.45, 7) is 5.76. The number of halogens is 1. The van der Waals surface area contributed by atoms with Gasteiger partial charge in [-0.2, -0.15) is 10.2 Å². The van der Waals surface area contributed by atoms with Crippen LogP contribution >= 0.6 is 15.9 Å². The molecule has 4 rings (SSSR count). The van der Waals surface area contributed by atoms with Gasteiger partial charge in [-0.3, -0.25) is 9.48 Å². The Morgan fingerprint density at radius 2 is 1.86 bits per heavy atom. The number of rotatable bonds is 3. The van der Waals surface area contributed by atoms with Crippen LogP contribution in [-0.2, 0) is 7.05 Å². The van der Waals surface area contributed by atoms with E-state index in [-0.39, 0.29) is 5.91 Å². The van der Waals surface area contributed by atoms with Crippen molar-refractivity contribution in [2.75, 3.05) is 5.32 Å². The van der Waals surface area contributed by atoms with Crippen molar-refractivity contribution < 1.29 is 4.79 Å². The second-order valence-electron chi connectivity index (χ2n) is 6.73. The van der Waals surface area contributed by atoms with Gasteiger partial charge in [0.05, 0.1) is 11.9 Å². The molecule has 0 aliphatic heterocycles. The molecule has 0 radical (unpaired) electrons. The summed E-state index contributed by atoms with van der Waals surface area (Å²) in [5, 5.41) is 11.8. The summed E-state index contributed by atoms with van der Waals surface area (Å²) in [4.78, 5) is 17.5. The summed E-state index contributed by atoms with van der Waals surface area (Å²) in [6, 6.07) is 9.85. The van der Waals surface area contributed by atoms with E-state index in [0.717, 1.165) is 32.7 Å². The highest BCUT2D eigenvalue weighted by molar-refractivity contribution is 9.10. The Labute approximate surface area is 170 Å². The monoisotopic (exact) mass is 438 g/mol. The van der Waals surface area contributed by atoms with Crippen LogP contribution in [-0.4, -0.2) is 30.3 Å². The Hall–Kier alpha value is -3.00. The number of fused-ring (bicyclic) bond motifs is 1. The highest BCUT2D eigenvalue weighted by atomic mass is 79.9. The van der Waals surface area contributed by atoms with Crippen LogP contribution in [0.2, 0.25) is 0 Å². The van der Waals surface area contributed by atoms with Gasteiger partial charge in [-0.15, -0.1) is 0 Å². The highest BCUT2D eigenvalue weighted by Gasteiger charge is 2.21. The summed E-state index contributed by atoms with van der Waals surface area (Å²) in [5.41, 5.74) is 5.44. The molecule has 0 unspecified atom stereocenters. The van der Waals surface area contributed by atoms with E-state index in [1.54, 1.807) is 15.4 Å². The second kappa shape index (κ2) is 6.87. The van der Waals surface area contributed by atoms with Crippen LogP contribution in [0, 0.1) is 20.8 Å². The fourth-order valence-electron chi connectivity index (χ4n) is 3.37. The van der Waals surface area contributed by atoms with Crippen molar-refractivity contribution >= 4 is 33.3 Å². The lowest BCUT2D eigenvalue weighted by atomic mass is 10.1. The minimum Gasteiger partial charge on any atom is -0.306 e. The van der Waals surface area contributed by atoms with Gasteiger partial charge in [0.25, 0.3) is 5.91 Å².